The first-order valence-electron chi connectivity index (χ1n) is 7.71. The molecule has 0 spiro atoms. The Labute approximate surface area is 134 Å². The topological polar surface area (TPSA) is 105 Å². The number of rotatable bonds is 4. The van der Waals surface area contributed by atoms with Crippen LogP contribution in [0.4, 0.5) is 5.82 Å². The minimum Gasteiger partial charge on any atom is -0.348 e. The van der Waals surface area contributed by atoms with E-state index in [1.54, 1.807) is 6.07 Å². The van der Waals surface area contributed by atoms with Gasteiger partial charge in [0.05, 0.1) is 11.5 Å². The zero-order valence-electron chi connectivity index (χ0n) is 12.6. The van der Waals surface area contributed by atoms with Gasteiger partial charge in [0, 0.05) is 23.7 Å². The van der Waals surface area contributed by atoms with Crippen molar-refractivity contribution in [2.75, 3.05) is 16.8 Å². The van der Waals surface area contributed by atoms with Gasteiger partial charge >= 0.3 is 0 Å². The molecule has 0 aromatic carbocycles. The van der Waals surface area contributed by atoms with Crippen LogP contribution in [-0.2, 0) is 14.6 Å². The summed E-state index contributed by atoms with van der Waals surface area (Å²) in [7, 11) is -3.07. The highest BCUT2D eigenvalue weighted by molar-refractivity contribution is 7.91. The molecular formula is C15H19N3O4S. The maximum Gasteiger partial charge on any atom is 0.251 e. The number of anilines is 1. The first-order valence-corrected chi connectivity index (χ1v) is 9.53. The van der Waals surface area contributed by atoms with Gasteiger partial charge in [-0.05, 0) is 37.8 Å². The second kappa shape index (κ2) is 6.27. The van der Waals surface area contributed by atoms with E-state index in [2.05, 4.69) is 15.6 Å². The summed E-state index contributed by atoms with van der Waals surface area (Å²) in [6.07, 6.45) is 4.45. The number of hydrogen-bond donors (Lipinski definition) is 2. The predicted molar refractivity (Wildman–Crippen MR) is 84.7 cm³/mol. The van der Waals surface area contributed by atoms with Crippen LogP contribution in [0.25, 0.3) is 0 Å². The molecule has 0 bridgehead atoms. The molecule has 124 valence electrons. The third-order valence-corrected chi connectivity index (χ3v) is 5.84. The van der Waals surface area contributed by atoms with Crippen molar-refractivity contribution >= 4 is 27.5 Å². The van der Waals surface area contributed by atoms with Gasteiger partial charge in [0.1, 0.15) is 5.82 Å². The van der Waals surface area contributed by atoms with Crippen molar-refractivity contribution in [1.29, 1.82) is 0 Å². The largest absolute Gasteiger partial charge is 0.348 e. The van der Waals surface area contributed by atoms with Gasteiger partial charge in [0.2, 0.25) is 5.91 Å². The normalized spacial score (nSPS) is 23.0. The number of nitrogens with one attached hydrogen (secondary N) is 2. The molecule has 2 amide bonds. The molecule has 1 aromatic rings. The van der Waals surface area contributed by atoms with Crippen molar-refractivity contribution in [3.05, 3.63) is 23.9 Å². The van der Waals surface area contributed by atoms with Crippen molar-refractivity contribution in [3.8, 4) is 0 Å². The highest BCUT2D eigenvalue weighted by Crippen LogP contribution is 2.29. The van der Waals surface area contributed by atoms with Crippen molar-refractivity contribution in [3.63, 3.8) is 0 Å². The van der Waals surface area contributed by atoms with E-state index >= 15 is 0 Å². The molecule has 1 aromatic heterocycles. The smallest absolute Gasteiger partial charge is 0.251 e. The summed E-state index contributed by atoms with van der Waals surface area (Å²) in [6.45, 7) is 0. The first-order chi connectivity index (χ1) is 10.9. The fraction of sp³-hybridized carbons (Fsp3) is 0.533. The molecule has 1 atom stereocenters. The Bertz CT molecular complexity index is 728. The van der Waals surface area contributed by atoms with Gasteiger partial charge in [-0.25, -0.2) is 13.4 Å². The second-order valence-corrected chi connectivity index (χ2v) is 8.35. The summed E-state index contributed by atoms with van der Waals surface area (Å²) in [5.41, 5.74) is 0.356. The summed E-state index contributed by atoms with van der Waals surface area (Å²) in [5, 5.41) is 5.44. The maximum atomic E-state index is 12.3. The summed E-state index contributed by atoms with van der Waals surface area (Å²) in [5.74, 6) is 0.138. The van der Waals surface area contributed by atoms with Gasteiger partial charge in [-0.1, -0.05) is 0 Å². The lowest BCUT2D eigenvalue weighted by molar-refractivity contribution is -0.117. The number of pyridine rings is 1. The van der Waals surface area contributed by atoms with E-state index in [4.69, 9.17) is 0 Å². The van der Waals surface area contributed by atoms with E-state index in [1.165, 1.54) is 12.3 Å². The van der Waals surface area contributed by atoms with Gasteiger partial charge < -0.3 is 10.6 Å². The molecule has 1 saturated heterocycles. The van der Waals surface area contributed by atoms with Crippen molar-refractivity contribution in [1.82, 2.24) is 10.3 Å². The van der Waals surface area contributed by atoms with Crippen LogP contribution in [0.2, 0.25) is 0 Å². The standard InChI is InChI=1S/C15H19N3O4S/c19-14(10-3-4-10)18-13-8-11(5-6-16-13)15(20)17-12-2-1-7-23(21,22)9-12/h5-6,8,10,12H,1-4,7,9H2,(H,17,20)(H,16,18,19). The Morgan fingerprint density at radius 1 is 1.22 bits per heavy atom. The van der Waals surface area contributed by atoms with E-state index < -0.39 is 9.84 Å². The number of amides is 2. The number of carbonyl (C=O) groups is 2. The van der Waals surface area contributed by atoms with E-state index in [1.807, 2.05) is 0 Å². The average molecular weight is 337 g/mol. The molecule has 1 aliphatic heterocycles. The van der Waals surface area contributed by atoms with E-state index in [9.17, 15) is 18.0 Å². The van der Waals surface area contributed by atoms with Gasteiger partial charge in [-0.3, -0.25) is 9.59 Å². The summed E-state index contributed by atoms with van der Waals surface area (Å²) < 4.78 is 23.2. The van der Waals surface area contributed by atoms with Crippen molar-refractivity contribution in [2.24, 2.45) is 5.92 Å². The number of nitrogens with zero attached hydrogens (tertiary/aromatic N) is 1. The predicted octanol–water partition coefficient (Wildman–Crippen LogP) is 0.737. The second-order valence-electron chi connectivity index (χ2n) is 6.12. The Morgan fingerprint density at radius 3 is 2.70 bits per heavy atom. The summed E-state index contributed by atoms with van der Waals surface area (Å²) in [4.78, 5) is 28.0. The molecule has 2 heterocycles. The zero-order chi connectivity index (χ0) is 16.4. The third-order valence-electron chi connectivity index (χ3n) is 4.02. The molecule has 1 unspecified atom stereocenters. The first kappa shape index (κ1) is 15.9. The fourth-order valence-electron chi connectivity index (χ4n) is 2.62. The monoisotopic (exact) mass is 337 g/mol. The van der Waals surface area contributed by atoms with E-state index in [0.29, 0.717) is 24.2 Å². The van der Waals surface area contributed by atoms with Crippen LogP contribution < -0.4 is 10.6 Å². The third kappa shape index (κ3) is 4.28. The van der Waals surface area contributed by atoms with Crippen molar-refractivity contribution in [2.45, 2.75) is 31.7 Å². The molecule has 0 radical (unpaired) electrons. The van der Waals surface area contributed by atoms with Crippen molar-refractivity contribution < 1.29 is 18.0 Å². The molecular weight excluding hydrogens is 318 g/mol. The van der Waals surface area contributed by atoms with Gasteiger partial charge in [0.15, 0.2) is 9.84 Å². The summed E-state index contributed by atoms with van der Waals surface area (Å²) in [6, 6.07) is 2.69. The fourth-order valence-corrected chi connectivity index (χ4v) is 4.26. The Hall–Kier alpha value is -1.96. The quantitative estimate of drug-likeness (QED) is 0.843. The van der Waals surface area contributed by atoms with Crippen LogP contribution in [0.3, 0.4) is 0 Å². The lowest BCUT2D eigenvalue weighted by Crippen LogP contribution is -2.43. The Morgan fingerprint density at radius 2 is 2.00 bits per heavy atom. The van der Waals surface area contributed by atoms with E-state index in [0.717, 1.165) is 12.8 Å². The maximum absolute atomic E-state index is 12.3. The molecule has 3 rings (SSSR count). The summed E-state index contributed by atoms with van der Waals surface area (Å²) >= 11 is 0. The Kier molecular flexibility index (Phi) is 4.34. The lowest BCUT2D eigenvalue weighted by Gasteiger charge is -2.23. The van der Waals surface area contributed by atoms with Crippen LogP contribution >= 0.6 is 0 Å². The minimum atomic E-state index is -3.07. The number of aromatic nitrogens is 1. The lowest BCUT2D eigenvalue weighted by atomic mass is 10.1. The SMILES string of the molecule is O=C(NC1CCCS(=O)(=O)C1)c1ccnc(NC(=O)C2CC2)c1. The minimum absolute atomic E-state index is 0.0188. The number of hydrogen-bond acceptors (Lipinski definition) is 5. The van der Waals surface area contributed by atoms with Gasteiger partial charge in [-0.15, -0.1) is 0 Å². The number of sulfone groups is 1. The highest BCUT2D eigenvalue weighted by Gasteiger charge is 2.30. The number of carbonyl (C=O) groups excluding carboxylic acids is 2. The molecule has 1 aliphatic carbocycles. The molecule has 2 N–H and O–H groups in total. The van der Waals surface area contributed by atoms with E-state index in [-0.39, 0.29) is 35.3 Å². The Balaban J connectivity index is 1.63. The molecule has 2 aliphatic rings. The van der Waals surface area contributed by atoms with Gasteiger partial charge in [0.25, 0.3) is 5.91 Å². The zero-order valence-corrected chi connectivity index (χ0v) is 13.4. The van der Waals surface area contributed by atoms with Crippen LogP contribution in [-0.4, -0.2) is 42.8 Å². The molecule has 8 heteroatoms. The van der Waals surface area contributed by atoms with Crippen LogP contribution in [0, 0.1) is 5.92 Å². The van der Waals surface area contributed by atoms with Crippen LogP contribution in [0.5, 0.6) is 0 Å². The molecule has 1 saturated carbocycles. The van der Waals surface area contributed by atoms with Crippen LogP contribution in [0.15, 0.2) is 18.3 Å². The highest BCUT2D eigenvalue weighted by atomic mass is 32.2. The average Bonchev–Trinajstić information content (AvgIpc) is 3.31. The molecule has 2 fully saturated rings. The van der Waals surface area contributed by atoms with Gasteiger partial charge in [-0.2, -0.15) is 0 Å². The van der Waals surface area contributed by atoms with Crippen LogP contribution in [0.1, 0.15) is 36.0 Å². The molecule has 23 heavy (non-hydrogen) atoms. The molecule has 7 nitrogen and oxygen atoms in total.